The van der Waals surface area contributed by atoms with Crippen molar-refractivity contribution >= 4 is 6.03 Å². The largest absolute Gasteiger partial charge is 0.331 e. The van der Waals surface area contributed by atoms with E-state index in [1.807, 2.05) is 24.2 Å². The van der Waals surface area contributed by atoms with Gasteiger partial charge in [0.2, 0.25) is 0 Å². The van der Waals surface area contributed by atoms with Crippen molar-refractivity contribution in [1.29, 1.82) is 0 Å². The van der Waals surface area contributed by atoms with Gasteiger partial charge in [0.15, 0.2) is 0 Å². The normalized spacial score (nSPS) is 19.8. The number of carbonyl (C=O) groups excluding carboxylic acids is 1. The van der Waals surface area contributed by atoms with E-state index >= 15 is 0 Å². The van der Waals surface area contributed by atoms with Crippen molar-refractivity contribution in [3.8, 4) is 0 Å². The van der Waals surface area contributed by atoms with Crippen molar-refractivity contribution in [1.82, 2.24) is 20.0 Å². The Labute approximate surface area is 149 Å². The molecule has 2 amide bonds. The summed E-state index contributed by atoms with van der Waals surface area (Å²) in [4.78, 5) is 14.4. The predicted octanol–water partition coefficient (Wildman–Crippen LogP) is 3.50. The first-order chi connectivity index (χ1) is 12.2. The number of amides is 2. The van der Waals surface area contributed by atoms with Crippen LogP contribution in [0.1, 0.15) is 55.0 Å². The van der Waals surface area contributed by atoms with E-state index in [4.69, 9.17) is 0 Å². The lowest BCUT2D eigenvalue weighted by Gasteiger charge is -2.36. The summed E-state index contributed by atoms with van der Waals surface area (Å²) >= 11 is 0. The monoisotopic (exact) mass is 338 g/mol. The van der Waals surface area contributed by atoms with Crippen LogP contribution in [0.4, 0.5) is 4.79 Å². The van der Waals surface area contributed by atoms with Crippen LogP contribution in [0.2, 0.25) is 0 Å². The molecule has 0 radical (unpaired) electrons. The van der Waals surface area contributed by atoms with E-state index in [0.29, 0.717) is 6.04 Å². The Morgan fingerprint density at radius 2 is 2.04 bits per heavy atom. The van der Waals surface area contributed by atoms with E-state index in [1.165, 1.54) is 23.2 Å². The number of fused-ring (bicyclic) bond motifs is 1. The van der Waals surface area contributed by atoms with Gasteiger partial charge < -0.3 is 10.2 Å². The number of hydrogen-bond acceptors (Lipinski definition) is 2. The summed E-state index contributed by atoms with van der Waals surface area (Å²) in [5, 5.41) is 7.84. The molecule has 1 fully saturated rings. The molecule has 0 bridgehead atoms. The van der Waals surface area contributed by atoms with Gasteiger partial charge in [-0.15, -0.1) is 0 Å². The van der Waals surface area contributed by atoms with Gasteiger partial charge in [-0.3, -0.25) is 4.68 Å². The van der Waals surface area contributed by atoms with Gasteiger partial charge in [0.05, 0.1) is 18.8 Å². The number of nitrogens with zero attached hydrogens (tertiary/aromatic N) is 3. The number of rotatable bonds is 4. The van der Waals surface area contributed by atoms with Crippen LogP contribution in [-0.4, -0.2) is 33.8 Å². The first-order valence-corrected chi connectivity index (χ1v) is 9.34. The van der Waals surface area contributed by atoms with Crippen LogP contribution in [0.15, 0.2) is 36.5 Å². The highest BCUT2D eigenvalue weighted by Crippen LogP contribution is 2.31. The van der Waals surface area contributed by atoms with Gasteiger partial charge in [-0.25, -0.2) is 4.79 Å². The molecule has 1 N–H and O–H groups in total. The minimum atomic E-state index is 0.0540. The number of hydrogen-bond donors (Lipinski definition) is 1. The van der Waals surface area contributed by atoms with E-state index in [9.17, 15) is 4.79 Å². The third-order valence-electron chi connectivity index (χ3n) is 5.68. The third kappa shape index (κ3) is 3.28. The molecule has 2 aliphatic rings. The molecule has 1 heterocycles. The van der Waals surface area contributed by atoms with Crippen LogP contribution in [0, 0.1) is 0 Å². The average Bonchev–Trinajstić information content (AvgIpc) is 2.98. The summed E-state index contributed by atoms with van der Waals surface area (Å²) in [6.45, 7) is 0.790. The molecule has 2 aliphatic carbocycles. The quantitative estimate of drug-likeness (QED) is 0.927. The standard InChI is InChI=1S/C20H26N4O/c1-23(16-9-5-10-16)20(25)22-18-11-6-12-19-17(18)13-21-24(19)14-15-7-3-2-4-8-15/h2-4,7-8,13,16,18H,5-6,9-12,14H2,1H3,(H,22,25)/t18-/m0/s1. The van der Waals surface area contributed by atoms with E-state index in [1.54, 1.807) is 0 Å². The zero-order valence-corrected chi connectivity index (χ0v) is 14.8. The van der Waals surface area contributed by atoms with Gasteiger partial charge in [0.25, 0.3) is 0 Å². The molecule has 132 valence electrons. The molecule has 0 saturated heterocycles. The zero-order valence-electron chi connectivity index (χ0n) is 14.8. The second kappa shape index (κ2) is 6.90. The fourth-order valence-corrected chi connectivity index (χ4v) is 3.85. The second-order valence-corrected chi connectivity index (χ2v) is 7.28. The summed E-state index contributed by atoms with van der Waals surface area (Å²) in [6.07, 6.45) is 8.57. The molecule has 0 spiro atoms. The van der Waals surface area contributed by atoms with Crippen LogP contribution in [0.5, 0.6) is 0 Å². The van der Waals surface area contributed by atoms with E-state index in [0.717, 1.165) is 38.6 Å². The highest BCUT2D eigenvalue weighted by molar-refractivity contribution is 5.75. The summed E-state index contributed by atoms with van der Waals surface area (Å²) < 4.78 is 2.10. The lowest BCUT2D eigenvalue weighted by molar-refractivity contribution is 0.153. The Hall–Kier alpha value is -2.30. The van der Waals surface area contributed by atoms with Crippen LogP contribution < -0.4 is 5.32 Å². The Bertz CT molecular complexity index is 735. The number of carbonyl (C=O) groups is 1. The summed E-state index contributed by atoms with van der Waals surface area (Å²) in [5.41, 5.74) is 3.72. The number of aromatic nitrogens is 2. The maximum absolute atomic E-state index is 12.5. The molecular weight excluding hydrogens is 312 g/mol. The van der Waals surface area contributed by atoms with Gasteiger partial charge in [-0.05, 0) is 44.1 Å². The number of nitrogens with one attached hydrogen (secondary N) is 1. The second-order valence-electron chi connectivity index (χ2n) is 7.28. The van der Waals surface area contributed by atoms with E-state index < -0.39 is 0 Å². The van der Waals surface area contributed by atoms with Crippen molar-refractivity contribution in [3.05, 3.63) is 53.3 Å². The molecule has 4 rings (SSSR count). The predicted molar refractivity (Wildman–Crippen MR) is 97.4 cm³/mol. The van der Waals surface area contributed by atoms with Crippen molar-refractivity contribution in [3.63, 3.8) is 0 Å². The summed E-state index contributed by atoms with van der Waals surface area (Å²) in [7, 11) is 1.92. The molecule has 1 aromatic heterocycles. The molecule has 0 aliphatic heterocycles. The Balaban J connectivity index is 1.47. The Kier molecular flexibility index (Phi) is 4.47. The fraction of sp³-hybridized carbons (Fsp3) is 0.500. The Morgan fingerprint density at radius 3 is 2.76 bits per heavy atom. The maximum atomic E-state index is 12.5. The topological polar surface area (TPSA) is 50.2 Å². The van der Waals surface area contributed by atoms with Crippen molar-refractivity contribution in [2.45, 2.75) is 57.2 Å². The highest BCUT2D eigenvalue weighted by atomic mass is 16.2. The third-order valence-corrected chi connectivity index (χ3v) is 5.68. The van der Waals surface area contributed by atoms with Crippen LogP contribution in [-0.2, 0) is 13.0 Å². The molecule has 5 heteroatoms. The molecular formula is C20H26N4O. The zero-order chi connectivity index (χ0) is 17.2. The Morgan fingerprint density at radius 1 is 1.24 bits per heavy atom. The van der Waals surface area contributed by atoms with Crippen molar-refractivity contribution in [2.24, 2.45) is 0 Å². The van der Waals surface area contributed by atoms with E-state index in [-0.39, 0.29) is 12.1 Å². The minimum Gasteiger partial charge on any atom is -0.331 e. The van der Waals surface area contributed by atoms with Crippen LogP contribution in [0.3, 0.4) is 0 Å². The fourth-order valence-electron chi connectivity index (χ4n) is 3.85. The van der Waals surface area contributed by atoms with Crippen LogP contribution in [0.25, 0.3) is 0 Å². The van der Waals surface area contributed by atoms with Gasteiger partial charge in [-0.1, -0.05) is 30.3 Å². The molecule has 2 aromatic rings. The molecule has 1 aromatic carbocycles. The van der Waals surface area contributed by atoms with Gasteiger partial charge >= 0.3 is 6.03 Å². The molecule has 0 unspecified atom stereocenters. The van der Waals surface area contributed by atoms with Crippen molar-refractivity contribution < 1.29 is 4.79 Å². The minimum absolute atomic E-state index is 0.0540. The maximum Gasteiger partial charge on any atom is 0.317 e. The lowest BCUT2D eigenvalue weighted by atomic mass is 9.91. The van der Waals surface area contributed by atoms with E-state index in [2.05, 4.69) is 39.4 Å². The first kappa shape index (κ1) is 16.2. The average molecular weight is 338 g/mol. The molecule has 25 heavy (non-hydrogen) atoms. The molecule has 5 nitrogen and oxygen atoms in total. The van der Waals surface area contributed by atoms with Crippen molar-refractivity contribution in [2.75, 3.05) is 7.05 Å². The van der Waals surface area contributed by atoms with Gasteiger partial charge in [0.1, 0.15) is 0 Å². The SMILES string of the molecule is CN(C(=O)N[C@H]1CCCc2c1cnn2Cc1ccccc1)C1CCC1. The summed E-state index contributed by atoms with van der Waals surface area (Å²) in [5.74, 6) is 0. The lowest BCUT2D eigenvalue weighted by Crippen LogP contribution is -2.47. The van der Waals surface area contributed by atoms with Gasteiger partial charge in [-0.2, -0.15) is 5.10 Å². The summed E-state index contributed by atoms with van der Waals surface area (Å²) in [6, 6.07) is 11.0. The number of urea groups is 1. The smallest absolute Gasteiger partial charge is 0.317 e. The molecule has 1 atom stereocenters. The first-order valence-electron chi connectivity index (χ1n) is 9.34. The molecule has 1 saturated carbocycles. The van der Waals surface area contributed by atoms with Crippen LogP contribution >= 0.6 is 0 Å². The van der Waals surface area contributed by atoms with Gasteiger partial charge in [0, 0.05) is 24.3 Å². The number of benzene rings is 1. The highest BCUT2D eigenvalue weighted by Gasteiger charge is 2.30.